The van der Waals surface area contributed by atoms with Crippen molar-refractivity contribution in [2.45, 2.75) is 4.21 Å². The van der Waals surface area contributed by atoms with E-state index in [0.717, 1.165) is 29.0 Å². The van der Waals surface area contributed by atoms with Crippen LogP contribution in [0.4, 0.5) is 5.69 Å². The average Bonchev–Trinajstić information content (AvgIpc) is 2.95. The zero-order valence-corrected chi connectivity index (χ0v) is 14.6. The van der Waals surface area contributed by atoms with Gasteiger partial charge in [-0.05, 0) is 12.1 Å². The quantitative estimate of drug-likeness (QED) is 0.483. The van der Waals surface area contributed by atoms with Crippen molar-refractivity contribution in [3.8, 4) is 10.8 Å². The molecule has 0 atom stereocenters. The number of nitro groups is 1. The van der Waals surface area contributed by atoms with Gasteiger partial charge >= 0.3 is 5.69 Å². The SMILES string of the molecule is CS(=O)(=O)c1cc([N+](=O)[O-])c(Oc2ccc(Cl)c3ccccc23)s1. The van der Waals surface area contributed by atoms with Crippen LogP contribution in [0.25, 0.3) is 10.8 Å². The summed E-state index contributed by atoms with van der Waals surface area (Å²) in [5, 5.41) is 13.0. The number of benzene rings is 2. The molecule has 0 saturated carbocycles. The zero-order chi connectivity index (χ0) is 17.5. The van der Waals surface area contributed by atoms with Gasteiger partial charge in [0.05, 0.1) is 4.92 Å². The van der Waals surface area contributed by atoms with Gasteiger partial charge in [-0.25, -0.2) is 8.42 Å². The third-order valence-corrected chi connectivity index (χ3v) is 6.39. The number of hydrogen-bond donors (Lipinski definition) is 0. The molecule has 1 aromatic heterocycles. The van der Waals surface area contributed by atoms with Crippen LogP contribution in [0.1, 0.15) is 0 Å². The van der Waals surface area contributed by atoms with E-state index in [4.69, 9.17) is 16.3 Å². The summed E-state index contributed by atoms with van der Waals surface area (Å²) in [6.45, 7) is 0. The molecular weight excluding hydrogens is 374 g/mol. The van der Waals surface area contributed by atoms with E-state index < -0.39 is 14.8 Å². The average molecular weight is 384 g/mol. The van der Waals surface area contributed by atoms with Crippen LogP contribution in [0.3, 0.4) is 0 Å². The van der Waals surface area contributed by atoms with Crippen molar-refractivity contribution in [3.63, 3.8) is 0 Å². The Balaban J connectivity index is 2.14. The van der Waals surface area contributed by atoms with E-state index in [-0.39, 0.29) is 15.0 Å². The van der Waals surface area contributed by atoms with Gasteiger partial charge in [0, 0.05) is 28.1 Å². The van der Waals surface area contributed by atoms with Crippen LogP contribution in [0.5, 0.6) is 10.8 Å². The fourth-order valence-corrected chi connectivity index (χ4v) is 4.26. The first-order valence-electron chi connectivity index (χ1n) is 6.61. The van der Waals surface area contributed by atoms with E-state index >= 15 is 0 Å². The topological polar surface area (TPSA) is 86.5 Å². The van der Waals surface area contributed by atoms with Crippen LogP contribution >= 0.6 is 22.9 Å². The molecule has 0 spiro atoms. The molecule has 24 heavy (non-hydrogen) atoms. The Morgan fingerprint density at radius 3 is 2.46 bits per heavy atom. The van der Waals surface area contributed by atoms with Crippen molar-refractivity contribution in [2.75, 3.05) is 6.26 Å². The fourth-order valence-electron chi connectivity index (χ4n) is 2.15. The Kier molecular flexibility index (Phi) is 4.20. The van der Waals surface area contributed by atoms with E-state index in [0.29, 0.717) is 16.2 Å². The number of hydrogen-bond acceptors (Lipinski definition) is 6. The third kappa shape index (κ3) is 3.08. The Morgan fingerprint density at radius 2 is 1.83 bits per heavy atom. The predicted molar refractivity (Wildman–Crippen MR) is 93.1 cm³/mol. The lowest BCUT2D eigenvalue weighted by Gasteiger charge is -2.08. The van der Waals surface area contributed by atoms with Crippen molar-refractivity contribution in [1.29, 1.82) is 0 Å². The molecule has 0 aliphatic heterocycles. The summed E-state index contributed by atoms with van der Waals surface area (Å²) in [6.07, 6.45) is 0.990. The molecular formula is C15H10ClNO5S2. The highest BCUT2D eigenvalue weighted by atomic mass is 35.5. The molecule has 0 N–H and O–H groups in total. The molecule has 1 heterocycles. The summed E-state index contributed by atoms with van der Waals surface area (Å²) in [4.78, 5) is 10.5. The number of rotatable bonds is 4. The molecule has 0 unspecified atom stereocenters. The van der Waals surface area contributed by atoms with Crippen LogP contribution < -0.4 is 4.74 Å². The molecule has 0 aliphatic carbocycles. The summed E-state index contributed by atoms with van der Waals surface area (Å²) in [5.74, 6) is 0.361. The number of thiophene rings is 1. The molecule has 3 rings (SSSR count). The van der Waals surface area contributed by atoms with Gasteiger partial charge in [-0.2, -0.15) is 0 Å². The van der Waals surface area contributed by atoms with Gasteiger partial charge in [0.25, 0.3) is 5.06 Å². The molecule has 0 amide bonds. The van der Waals surface area contributed by atoms with Crippen LogP contribution in [0.15, 0.2) is 46.7 Å². The smallest absolute Gasteiger partial charge is 0.324 e. The molecule has 9 heteroatoms. The first kappa shape index (κ1) is 16.7. The second-order valence-corrected chi connectivity index (χ2v) is 8.63. The predicted octanol–water partition coefficient (Wildman–Crippen LogP) is 4.66. The lowest BCUT2D eigenvalue weighted by Crippen LogP contribution is -1.92. The number of ether oxygens (including phenoxy) is 1. The van der Waals surface area contributed by atoms with E-state index in [2.05, 4.69) is 0 Å². The van der Waals surface area contributed by atoms with Crippen LogP contribution in [-0.2, 0) is 9.84 Å². The highest BCUT2D eigenvalue weighted by molar-refractivity contribution is 7.92. The lowest BCUT2D eigenvalue weighted by atomic mass is 10.1. The van der Waals surface area contributed by atoms with E-state index in [1.165, 1.54) is 0 Å². The normalized spacial score (nSPS) is 11.6. The summed E-state index contributed by atoms with van der Waals surface area (Å²) >= 11 is 6.85. The van der Waals surface area contributed by atoms with E-state index in [1.807, 2.05) is 6.07 Å². The lowest BCUT2D eigenvalue weighted by molar-refractivity contribution is -0.385. The summed E-state index contributed by atoms with van der Waals surface area (Å²) in [7, 11) is -3.57. The van der Waals surface area contributed by atoms with Gasteiger partial charge < -0.3 is 4.74 Å². The van der Waals surface area contributed by atoms with Gasteiger partial charge in [0.2, 0.25) is 0 Å². The monoisotopic (exact) mass is 383 g/mol. The van der Waals surface area contributed by atoms with E-state index in [1.54, 1.807) is 30.3 Å². The largest absolute Gasteiger partial charge is 0.439 e. The highest BCUT2D eigenvalue weighted by Crippen LogP contribution is 2.43. The minimum atomic E-state index is -3.57. The Morgan fingerprint density at radius 1 is 1.17 bits per heavy atom. The number of fused-ring (bicyclic) bond motifs is 1. The maximum atomic E-state index is 11.6. The Bertz CT molecular complexity index is 1060. The summed E-state index contributed by atoms with van der Waals surface area (Å²) < 4.78 is 28.8. The highest BCUT2D eigenvalue weighted by Gasteiger charge is 2.26. The number of sulfone groups is 1. The standard InChI is InChI=1S/C15H10ClNO5S2/c1-24(20,21)14-8-12(17(18)19)15(23-14)22-13-7-6-11(16)9-4-2-3-5-10(9)13/h2-8H,1H3. The third-order valence-electron chi connectivity index (χ3n) is 3.25. The number of halogens is 1. The first-order valence-corrected chi connectivity index (χ1v) is 9.69. The second-order valence-electron chi connectivity index (χ2n) is 4.96. The minimum Gasteiger partial charge on any atom is -0.439 e. The van der Waals surface area contributed by atoms with Crippen molar-refractivity contribution in [1.82, 2.24) is 0 Å². The van der Waals surface area contributed by atoms with Gasteiger partial charge in [-0.3, -0.25) is 10.1 Å². The molecule has 3 aromatic rings. The second kappa shape index (κ2) is 6.04. The Hall–Kier alpha value is -2.16. The molecule has 0 radical (unpaired) electrons. The molecule has 0 aliphatic rings. The molecule has 0 bridgehead atoms. The van der Waals surface area contributed by atoms with Crippen molar-refractivity contribution < 1.29 is 18.1 Å². The van der Waals surface area contributed by atoms with E-state index in [9.17, 15) is 18.5 Å². The molecule has 6 nitrogen and oxygen atoms in total. The molecule has 0 saturated heterocycles. The van der Waals surface area contributed by atoms with Crippen molar-refractivity contribution in [3.05, 3.63) is 57.6 Å². The molecule has 124 valence electrons. The Labute approximate surface area is 146 Å². The van der Waals surface area contributed by atoms with Crippen LogP contribution in [-0.4, -0.2) is 19.6 Å². The maximum absolute atomic E-state index is 11.6. The van der Waals surface area contributed by atoms with Crippen LogP contribution in [0.2, 0.25) is 5.02 Å². The van der Waals surface area contributed by atoms with Gasteiger partial charge in [0.15, 0.2) is 9.84 Å². The van der Waals surface area contributed by atoms with Crippen molar-refractivity contribution >= 4 is 49.2 Å². The van der Waals surface area contributed by atoms with Gasteiger partial charge in [-0.15, -0.1) is 0 Å². The van der Waals surface area contributed by atoms with Gasteiger partial charge in [0.1, 0.15) is 9.96 Å². The van der Waals surface area contributed by atoms with Crippen molar-refractivity contribution in [2.24, 2.45) is 0 Å². The maximum Gasteiger partial charge on any atom is 0.324 e. The zero-order valence-electron chi connectivity index (χ0n) is 12.2. The fraction of sp³-hybridized carbons (Fsp3) is 0.0667. The molecule has 0 fully saturated rings. The van der Waals surface area contributed by atoms with Crippen LogP contribution in [0, 0.1) is 10.1 Å². The minimum absolute atomic E-state index is 0.0899. The van der Waals surface area contributed by atoms with Gasteiger partial charge in [-0.1, -0.05) is 47.2 Å². The summed E-state index contributed by atoms with van der Waals surface area (Å²) in [6, 6.07) is 11.4. The summed E-state index contributed by atoms with van der Waals surface area (Å²) in [5.41, 5.74) is -0.389. The molecule has 2 aromatic carbocycles. The number of nitrogens with zero attached hydrogens (tertiary/aromatic N) is 1. The first-order chi connectivity index (χ1) is 11.3.